The minimum Gasteiger partial charge on any atom is -0.478 e. The second kappa shape index (κ2) is 8.13. The van der Waals surface area contributed by atoms with Crippen molar-refractivity contribution in [1.29, 1.82) is 0 Å². The summed E-state index contributed by atoms with van der Waals surface area (Å²) < 4.78 is 10.3. The van der Waals surface area contributed by atoms with E-state index in [9.17, 15) is 19.2 Å². The molecule has 1 aromatic carbocycles. The molecule has 0 spiro atoms. The summed E-state index contributed by atoms with van der Waals surface area (Å²) >= 11 is 0. The fourth-order valence-corrected chi connectivity index (χ4v) is 1.97. The highest BCUT2D eigenvalue weighted by Crippen LogP contribution is 2.29. The Balaban J connectivity index is 1.76. The zero-order valence-electron chi connectivity index (χ0n) is 13.9. The SMILES string of the molecule is CN(C)C(=O)CNC(=O)COC(=O)C[C@H]1Oc2ccccc2NC1=O. The Kier molecular flexibility index (Phi) is 5.93. The van der Waals surface area contributed by atoms with Crippen LogP contribution in [0.15, 0.2) is 24.3 Å². The normalized spacial score (nSPS) is 15.3. The molecule has 134 valence electrons. The van der Waals surface area contributed by atoms with Crippen molar-refractivity contribution in [2.75, 3.05) is 32.6 Å². The maximum Gasteiger partial charge on any atom is 0.310 e. The lowest BCUT2D eigenvalue weighted by Crippen LogP contribution is -2.40. The third kappa shape index (κ3) is 5.20. The third-order valence-corrected chi connectivity index (χ3v) is 3.36. The van der Waals surface area contributed by atoms with Crippen LogP contribution in [0.1, 0.15) is 6.42 Å². The number of hydrogen-bond donors (Lipinski definition) is 2. The first kappa shape index (κ1) is 18.2. The first-order chi connectivity index (χ1) is 11.9. The summed E-state index contributed by atoms with van der Waals surface area (Å²) in [5, 5.41) is 4.96. The molecule has 1 heterocycles. The number of para-hydroxylation sites is 2. The fourth-order valence-electron chi connectivity index (χ4n) is 1.97. The second-order valence-corrected chi connectivity index (χ2v) is 5.52. The molecular formula is C16H19N3O6. The van der Waals surface area contributed by atoms with Crippen LogP contribution in [0.25, 0.3) is 0 Å². The number of amides is 3. The van der Waals surface area contributed by atoms with E-state index in [4.69, 9.17) is 9.47 Å². The number of nitrogens with zero attached hydrogens (tertiary/aromatic N) is 1. The van der Waals surface area contributed by atoms with Crippen molar-refractivity contribution in [2.24, 2.45) is 0 Å². The number of likely N-dealkylation sites (N-methyl/N-ethyl adjacent to an activating group) is 1. The van der Waals surface area contributed by atoms with E-state index in [1.807, 2.05) is 0 Å². The molecule has 1 aromatic rings. The summed E-state index contributed by atoms with van der Waals surface area (Å²) in [6.07, 6.45) is -1.36. The van der Waals surface area contributed by atoms with Gasteiger partial charge in [-0.2, -0.15) is 0 Å². The van der Waals surface area contributed by atoms with Gasteiger partial charge in [-0.25, -0.2) is 0 Å². The smallest absolute Gasteiger partial charge is 0.310 e. The number of carbonyl (C=O) groups is 4. The van der Waals surface area contributed by atoms with E-state index in [0.29, 0.717) is 11.4 Å². The Hall–Kier alpha value is -3.10. The summed E-state index contributed by atoms with van der Waals surface area (Å²) in [4.78, 5) is 47.9. The van der Waals surface area contributed by atoms with Crippen LogP contribution in [0.5, 0.6) is 5.75 Å². The highest BCUT2D eigenvalue weighted by molar-refractivity contribution is 5.99. The van der Waals surface area contributed by atoms with E-state index in [1.165, 1.54) is 4.90 Å². The predicted octanol–water partition coefficient (Wildman–Crippen LogP) is -0.476. The average molecular weight is 349 g/mol. The minimum atomic E-state index is -1.03. The lowest BCUT2D eigenvalue weighted by Gasteiger charge is -2.25. The van der Waals surface area contributed by atoms with Gasteiger partial charge >= 0.3 is 5.97 Å². The van der Waals surface area contributed by atoms with Crippen LogP contribution in [0.3, 0.4) is 0 Å². The number of carbonyl (C=O) groups excluding carboxylic acids is 4. The first-order valence-corrected chi connectivity index (χ1v) is 7.56. The number of nitrogens with one attached hydrogen (secondary N) is 2. The largest absolute Gasteiger partial charge is 0.478 e. The average Bonchev–Trinajstić information content (AvgIpc) is 2.58. The molecule has 0 fully saturated rings. The summed E-state index contributed by atoms with van der Waals surface area (Å²) in [6, 6.07) is 6.84. The van der Waals surface area contributed by atoms with E-state index in [1.54, 1.807) is 38.4 Å². The van der Waals surface area contributed by atoms with Gasteiger partial charge in [-0.1, -0.05) is 12.1 Å². The Morgan fingerprint density at radius 1 is 1.28 bits per heavy atom. The molecule has 0 aromatic heterocycles. The highest BCUT2D eigenvalue weighted by Gasteiger charge is 2.30. The Labute approximate surface area is 144 Å². The van der Waals surface area contributed by atoms with Gasteiger partial charge in [-0.05, 0) is 12.1 Å². The summed E-state index contributed by atoms with van der Waals surface area (Å²) in [7, 11) is 3.11. The molecule has 3 amide bonds. The maximum atomic E-state index is 11.9. The van der Waals surface area contributed by atoms with Gasteiger partial charge in [-0.15, -0.1) is 0 Å². The van der Waals surface area contributed by atoms with Crippen molar-refractivity contribution in [2.45, 2.75) is 12.5 Å². The van der Waals surface area contributed by atoms with Crippen LogP contribution in [0.2, 0.25) is 0 Å². The number of ether oxygens (including phenoxy) is 2. The minimum absolute atomic E-state index is 0.186. The number of anilines is 1. The lowest BCUT2D eigenvalue weighted by molar-refractivity contribution is -0.151. The third-order valence-electron chi connectivity index (χ3n) is 3.36. The summed E-state index contributed by atoms with van der Waals surface area (Å²) in [6.45, 7) is -0.723. The van der Waals surface area contributed by atoms with Crippen molar-refractivity contribution < 1.29 is 28.7 Å². The van der Waals surface area contributed by atoms with Crippen LogP contribution >= 0.6 is 0 Å². The van der Waals surface area contributed by atoms with Crippen LogP contribution < -0.4 is 15.4 Å². The van der Waals surface area contributed by atoms with E-state index in [0.717, 1.165) is 0 Å². The Morgan fingerprint density at radius 2 is 2.00 bits per heavy atom. The van der Waals surface area contributed by atoms with E-state index >= 15 is 0 Å². The first-order valence-electron chi connectivity index (χ1n) is 7.56. The van der Waals surface area contributed by atoms with Crippen LogP contribution in [0.4, 0.5) is 5.69 Å². The van der Waals surface area contributed by atoms with Crippen molar-refractivity contribution in [3.63, 3.8) is 0 Å². The second-order valence-electron chi connectivity index (χ2n) is 5.52. The number of rotatable bonds is 6. The van der Waals surface area contributed by atoms with Crippen molar-refractivity contribution in [1.82, 2.24) is 10.2 Å². The Bertz CT molecular complexity index is 688. The van der Waals surface area contributed by atoms with Gasteiger partial charge in [0.25, 0.3) is 11.8 Å². The monoisotopic (exact) mass is 349 g/mol. The molecule has 0 unspecified atom stereocenters. The van der Waals surface area contributed by atoms with Gasteiger partial charge < -0.3 is 25.0 Å². The molecule has 2 N–H and O–H groups in total. The maximum absolute atomic E-state index is 11.9. The van der Waals surface area contributed by atoms with Crippen molar-refractivity contribution >= 4 is 29.4 Å². The molecule has 0 saturated carbocycles. The molecule has 0 saturated heterocycles. The Morgan fingerprint density at radius 3 is 2.72 bits per heavy atom. The molecule has 2 rings (SSSR count). The molecule has 9 nitrogen and oxygen atoms in total. The van der Waals surface area contributed by atoms with Gasteiger partial charge in [0.15, 0.2) is 12.7 Å². The predicted molar refractivity (Wildman–Crippen MR) is 86.8 cm³/mol. The quantitative estimate of drug-likeness (QED) is 0.671. The van der Waals surface area contributed by atoms with E-state index in [-0.39, 0.29) is 18.9 Å². The van der Waals surface area contributed by atoms with Gasteiger partial charge in [0, 0.05) is 14.1 Å². The molecule has 25 heavy (non-hydrogen) atoms. The van der Waals surface area contributed by atoms with Crippen molar-refractivity contribution in [3.8, 4) is 5.75 Å². The molecule has 9 heteroatoms. The standard InChI is InChI=1S/C16H19N3O6/c1-19(2)14(21)8-17-13(20)9-24-15(22)7-12-16(23)18-10-5-3-4-6-11(10)25-12/h3-6,12H,7-9H2,1-2H3,(H,17,20)(H,18,23)/t12-/m1/s1. The van der Waals surface area contributed by atoms with Crippen LogP contribution in [-0.2, 0) is 23.9 Å². The molecule has 0 radical (unpaired) electrons. The number of fused-ring (bicyclic) bond motifs is 1. The van der Waals surface area contributed by atoms with Crippen molar-refractivity contribution in [3.05, 3.63) is 24.3 Å². The molecule has 1 aliphatic heterocycles. The zero-order chi connectivity index (χ0) is 18.4. The fraction of sp³-hybridized carbons (Fsp3) is 0.375. The number of esters is 1. The van der Waals surface area contributed by atoms with Crippen LogP contribution in [-0.4, -0.2) is 61.9 Å². The molecule has 0 aliphatic carbocycles. The van der Waals surface area contributed by atoms with Gasteiger partial charge in [0.2, 0.25) is 5.91 Å². The highest BCUT2D eigenvalue weighted by atomic mass is 16.5. The van der Waals surface area contributed by atoms with Crippen LogP contribution in [0, 0.1) is 0 Å². The number of benzene rings is 1. The summed E-state index contributed by atoms with van der Waals surface area (Å²) in [5.41, 5.74) is 0.530. The summed E-state index contributed by atoms with van der Waals surface area (Å²) in [5.74, 6) is -1.65. The van der Waals surface area contributed by atoms with E-state index in [2.05, 4.69) is 10.6 Å². The number of hydrogen-bond acceptors (Lipinski definition) is 6. The molecule has 1 aliphatic rings. The lowest BCUT2D eigenvalue weighted by atomic mass is 10.1. The van der Waals surface area contributed by atoms with Gasteiger partial charge in [-0.3, -0.25) is 19.2 Å². The zero-order valence-corrected chi connectivity index (χ0v) is 13.9. The molecular weight excluding hydrogens is 330 g/mol. The molecule has 1 atom stereocenters. The van der Waals surface area contributed by atoms with E-state index < -0.39 is 30.5 Å². The topological polar surface area (TPSA) is 114 Å². The molecule has 0 bridgehead atoms. The van der Waals surface area contributed by atoms with Gasteiger partial charge in [0.1, 0.15) is 5.75 Å². The van der Waals surface area contributed by atoms with Gasteiger partial charge in [0.05, 0.1) is 18.7 Å².